The summed E-state index contributed by atoms with van der Waals surface area (Å²) in [6.07, 6.45) is 14.5. The molecule has 4 nitrogen and oxygen atoms in total. The second-order valence-electron chi connectivity index (χ2n) is 10.8. The summed E-state index contributed by atoms with van der Waals surface area (Å²) >= 11 is -4.22. The topological polar surface area (TPSA) is 36.9 Å². The summed E-state index contributed by atoms with van der Waals surface area (Å²) in [6, 6.07) is 15.8. The first-order valence-corrected chi connectivity index (χ1v) is 16.7. The monoisotopic (exact) mass is 550 g/mol. The predicted octanol–water partition coefficient (Wildman–Crippen LogP) is 8.17. The second-order valence-corrected chi connectivity index (χ2v) is 18.0. The van der Waals surface area contributed by atoms with Crippen LogP contribution in [-0.2, 0) is 21.1 Å². The van der Waals surface area contributed by atoms with Gasteiger partial charge in [-0.15, -0.1) is 0 Å². The van der Waals surface area contributed by atoms with Gasteiger partial charge in [-0.25, -0.2) is 0 Å². The summed E-state index contributed by atoms with van der Waals surface area (Å²) in [5, 5.41) is 0. The summed E-state index contributed by atoms with van der Waals surface area (Å²) in [5.74, 6) is 2.88. The molecule has 0 aliphatic heterocycles. The van der Waals surface area contributed by atoms with Crippen LogP contribution >= 0.6 is 0 Å². The van der Waals surface area contributed by atoms with Crippen LogP contribution in [-0.4, -0.2) is 11.2 Å². The third kappa shape index (κ3) is 6.38. The van der Waals surface area contributed by atoms with E-state index in [-0.39, 0.29) is 11.2 Å². The maximum absolute atomic E-state index is 7.13. The molecule has 2 aliphatic rings. The van der Waals surface area contributed by atoms with Crippen molar-refractivity contribution in [3.63, 3.8) is 0 Å². The number of hydrogen-bond acceptors (Lipinski definition) is 4. The zero-order valence-corrected chi connectivity index (χ0v) is 24.1. The van der Waals surface area contributed by atoms with Crippen molar-refractivity contribution >= 4 is 0 Å². The van der Waals surface area contributed by atoms with Crippen molar-refractivity contribution in [2.75, 3.05) is 0 Å². The first kappa shape index (κ1) is 25.6. The molecular formula is C30H36O4Zr. The van der Waals surface area contributed by atoms with Gasteiger partial charge < -0.3 is 0 Å². The maximum atomic E-state index is 7.13. The minimum absolute atomic E-state index is 0.353. The van der Waals surface area contributed by atoms with Gasteiger partial charge in [0.1, 0.15) is 0 Å². The number of rotatable bonds is 8. The van der Waals surface area contributed by atoms with E-state index in [1.165, 1.54) is 6.56 Å². The third-order valence-electron chi connectivity index (χ3n) is 5.43. The molecule has 0 fully saturated rings. The quantitative estimate of drug-likeness (QED) is 0.332. The van der Waals surface area contributed by atoms with E-state index in [1.807, 2.05) is 90.1 Å². The standard InChI is InChI=1S/2C10H14O2.2C5H5.Zr/c2*1-10(2,3)12-9-7-5-4-6-8(9)11;2*1-2-4-5-3-1;/h2*4-7,11H,1-3H3;2*1-3H,4H2;/q;;;;+2/p-2. The fourth-order valence-corrected chi connectivity index (χ4v) is 12.3. The summed E-state index contributed by atoms with van der Waals surface area (Å²) in [5.41, 5.74) is -0.706. The van der Waals surface area contributed by atoms with Crippen molar-refractivity contribution in [3.8, 4) is 23.0 Å². The van der Waals surface area contributed by atoms with Gasteiger partial charge in [0.15, 0.2) is 0 Å². The van der Waals surface area contributed by atoms with Crippen molar-refractivity contribution in [1.29, 1.82) is 0 Å². The van der Waals surface area contributed by atoms with Gasteiger partial charge in [0, 0.05) is 0 Å². The van der Waals surface area contributed by atoms with E-state index in [1.54, 1.807) is 0 Å². The number of para-hydroxylation sites is 4. The summed E-state index contributed by atoms with van der Waals surface area (Å²) in [7, 11) is 0. The van der Waals surface area contributed by atoms with Crippen LogP contribution in [0.2, 0.25) is 0 Å². The first-order valence-electron chi connectivity index (χ1n) is 12.2. The molecule has 0 saturated heterocycles. The van der Waals surface area contributed by atoms with Crippen LogP contribution in [0.15, 0.2) is 91.5 Å². The van der Waals surface area contributed by atoms with Crippen molar-refractivity contribution in [3.05, 3.63) is 91.5 Å². The number of allylic oxidation sites excluding steroid dienone is 8. The Balaban J connectivity index is 1.83. The van der Waals surface area contributed by atoms with Crippen LogP contribution in [0.5, 0.6) is 23.0 Å². The van der Waals surface area contributed by atoms with E-state index in [4.69, 9.17) is 15.1 Å². The Bertz CT molecular complexity index is 1080. The van der Waals surface area contributed by atoms with Crippen molar-refractivity contribution < 1.29 is 36.2 Å². The van der Waals surface area contributed by atoms with Gasteiger partial charge in [-0.05, 0) is 0 Å². The molecule has 0 aromatic heterocycles. The molecule has 184 valence electrons. The molecule has 5 heteroatoms. The average Bonchev–Trinajstić information content (AvgIpc) is 3.49. The number of ether oxygens (including phenoxy) is 2. The Morgan fingerprint density at radius 3 is 1.26 bits per heavy atom. The van der Waals surface area contributed by atoms with Crippen molar-refractivity contribution in [2.24, 2.45) is 0 Å². The van der Waals surface area contributed by atoms with Gasteiger partial charge >= 0.3 is 216 Å². The molecule has 0 heterocycles. The van der Waals surface area contributed by atoms with Crippen LogP contribution in [0.1, 0.15) is 54.4 Å². The molecule has 0 bridgehead atoms. The minimum atomic E-state index is -4.22. The Morgan fingerprint density at radius 2 is 0.943 bits per heavy atom. The summed E-state index contributed by atoms with van der Waals surface area (Å²) in [4.78, 5) is 0. The zero-order valence-electron chi connectivity index (χ0n) is 21.6. The van der Waals surface area contributed by atoms with Gasteiger partial charge in [-0.3, -0.25) is 0 Å². The normalized spacial score (nSPS) is 15.6. The third-order valence-corrected chi connectivity index (χ3v) is 13.9. The van der Waals surface area contributed by atoms with Gasteiger partial charge in [-0.1, -0.05) is 0 Å². The number of hydrogen-bond donors (Lipinski definition) is 0. The zero-order chi connectivity index (χ0) is 25.1. The van der Waals surface area contributed by atoms with E-state index in [0.29, 0.717) is 11.5 Å². The van der Waals surface area contributed by atoms with E-state index < -0.39 is 21.1 Å². The molecule has 0 spiro atoms. The molecule has 2 aromatic carbocycles. The molecule has 0 atom stereocenters. The molecule has 35 heavy (non-hydrogen) atoms. The fraction of sp³-hybridized carbons (Fsp3) is 0.333. The second kappa shape index (κ2) is 10.2. The predicted molar refractivity (Wildman–Crippen MR) is 139 cm³/mol. The molecule has 0 unspecified atom stereocenters. The van der Waals surface area contributed by atoms with Crippen molar-refractivity contribution in [2.45, 2.75) is 65.6 Å². The van der Waals surface area contributed by atoms with Crippen LogP contribution < -0.4 is 15.1 Å². The van der Waals surface area contributed by atoms with Crippen LogP contribution in [0.25, 0.3) is 0 Å². The Kier molecular flexibility index (Phi) is 7.47. The van der Waals surface area contributed by atoms with E-state index in [0.717, 1.165) is 24.3 Å². The van der Waals surface area contributed by atoms with E-state index >= 15 is 0 Å². The Labute approximate surface area is 215 Å². The van der Waals surface area contributed by atoms with Crippen LogP contribution in [0.4, 0.5) is 0 Å². The molecule has 0 amide bonds. The molecule has 2 aromatic rings. The van der Waals surface area contributed by atoms with E-state index in [2.05, 4.69) is 36.5 Å². The Hall–Kier alpha value is -2.52. The van der Waals surface area contributed by atoms with Gasteiger partial charge in [0.2, 0.25) is 0 Å². The van der Waals surface area contributed by atoms with Gasteiger partial charge in [-0.2, -0.15) is 0 Å². The van der Waals surface area contributed by atoms with Crippen LogP contribution in [0.3, 0.4) is 0 Å². The Morgan fingerprint density at radius 1 is 0.571 bits per heavy atom. The van der Waals surface area contributed by atoms with Crippen molar-refractivity contribution in [1.82, 2.24) is 0 Å². The summed E-state index contributed by atoms with van der Waals surface area (Å²) < 4.78 is 29.3. The first-order chi connectivity index (χ1) is 16.6. The summed E-state index contributed by atoms with van der Waals surface area (Å²) in [6.45, 7) is 12.3. The van der Waals surface area contributed by atoms with Crippen LogP contribution in [0, 0.1) is 0 Å². The SMILES string of the molecule is CC(C)(C)Oc1ccccc1[O][Zr]([O]c1ccccc1OC(C)(C)C)([C]1=CC=CC1)[C]1=CC=CC1. The molecule has 4 rings (SSSR count). The molecular weight excluding hydrogens is 516 g/mol. The fourth-order valence-electron chi connectivity index (χ4n) is 4.08. The molecule has 0 radical (unpaired) electrons. The molecule has 2 aliphatic carbocycles. The molecule has 0 saturated carbocycles. The number of benzene rings is 2. The van der Waals surface area contributed by atoms with Gasteiger partial charge in [0.05, 0.1) is 0 Å². The molecule has 0 N–H and O–H groups in total. The average molecular weight is 552 g/mol. The van der Waals surface area contributed by atoms with Gasteiger partial charge in [0.25, 0.3) is 0 Å². The van der Waals surface area contributed by atoms with E-state index in [9.17, 15) is 0 Å².